The van der Waals surface area contributed by atoms with Gasteiger partial charge in [0, 0.05) is 11.1 Å². The fraction of sp³-hybridized carbons (Fsp3) is 0.500. The number of halogens is 2. The fourth-order valence-corrected chi connectivity index (χ4v) is 1.84. The van der Waals surface area contributed by atoms with E-state index in [1.807, 2.05) is 13.8 Å². The quantitative estimate of drug-likeness (QED) is 0.891. The number of rotatable bonds is 4. The molecule has 0 saturated carbocycles. The van der Waals surface area contributed by atoms with Gasteiger partial charge in [0.25, 0.3) is 0 Å². The van der Waals surface area contributed by atoms with Crippen molar-refractivity contribution in [3.63, 3.8) is 0 Å². The Hall–Kier alpha value is -0.410. The van der Waals surface area contributed by atoms with Gasteiger partial charge in [-0.15, -0.1) is 0 Å². The van der Waals surface area contributed by atoms with Crippen molar-refractivity contribution in [2.24, 2.45) is 5.41 Å². The zero-order valence-corrected chi connectivity index (χ0v) is 10.6. The summed E-state index contributed by atoms with van der Waals surface area (Å²) in [6, 6.07) is 4.91. The van der Waals surface area contributed by atoms with E-state index in [4.69, 9.17) is 0 Å². The average molecular weight is 275 g/mol. The van der Waals surface area contributed by atoms with Crippen molar-refractivity contribution in [1.29, 1.82) is 0 Å². The van der Waals surface area contributed by atoms with Gasteiger partial charge in [0.2, 0.25) is 0 Å². The molecule has 0 saturated heterocycles. The van der Waals surface area contributed by atoms with Gasteiger partial charge < -0.3 is 5.11 Å². The van der Waals surface area contributed by atoms with Crippen LogP contribution in [0.5, 0.6) is 0 Å². The molecule has 0 aliphatic heterocycles. The van der Waals surface area contributed by atoms with Gasteiger partial charge in [-0.25, -0.2) is 4.39 Å². The molecule has 0 amide bonds. The Labute approximate surface area is 98.4 Å². The van der Waals surface area contributed by atoms with Crippen LogP contribution in [0.1, 0.15) is 25.8 Å². The van der Waals surface area contributed by atoms with Gasteiger partial charge in [-0.1, -0.05) is 29.8 Å². The van der Waals surface area contributed by atoms with E-state index in [2.05, 4.69) is 15.9 Å². The summed E-state index contributed by atoms with van der Waals surface area (Å²) in [6.07, 6.45) is 1.39. The zero-order chi connectivity index (χ0) is 11.5. The number of hydrogen-bond acceptors (Lipinski definition) is 1. The first kappa shape index (κ1) is 12.7. The molecule has 0 heterocycles. The Bertz CT molecular complexity index is 334. The molecular formula is C12H16BrFO. The van der Waals surface area contributed by atoms with E-state index in [-0.39, 0.29) is 17.8 Å². The molecule has 0 aromatic heterocycles. The van der Waals surface area contributed by atoms with Crippen molar-refractivity contribution in [1.82, 2.24) is 0 Å². The summed E-state index contributed by atoms with van der Waals surface area (Å²) in [5.74, 6) is -0.202. The largest absolute Gasteiger partial charge is 0.396 e. The molecule has 1 N–H and O–H groups in total. The molecule has 1 unspecified atom stereocenters. The minimum atomic E-state index is -0.234. The highest BCUT2D eigenvalue weighted by atomic mass is 79.9. The highest BCUT2D eigenvalue weighted by Gasteiger charge is 2.23. The van der Waals surface area contributed by atoms with Gasteiger partial charge in [-0.3, -0.25) is 0 Å². The Morgan fingerprint density at radius 1 is 1.47 bits per heavy atom. The molecule has 0 aliphatic carbocycles. The van der Waals surface area contributed by atoms with Crippen molar-refractivity contribution < 1.29 is 9.50 Å². The third-order valence-electron chi connectivity index (χ3n) is 2.86. The summed E-state index contributed by atoms with van der Waals surface area (Å²) in [7, 11) is 0. The maximum absolute atomic E-state index is 13.5. The van der Waals surface area contributed by atoms with Crippen LogP contribution in [0.3, 0.4) is 0 Å². The van der Waals surface area contributed by atoms with Crippen LogP contribution in [-0.2, 0) is 6.42 Å². The van der Waals surface area contributed by atoms with E-state index in [9.17, 15) is 9.50 Å². The van der Waals surface area contributed by atoms with Crippen molar-refractivity contribution in [2.45, 2.75) is 26.7 Å². The van der Waals surface area contributed by atoms with Crippen LogP contribution in [-0.4, -0.2) is 11.7 Å². The average Bonchev–Trinajstić information content (AvgIpc) is 2.23. The lowest BCUT2D eigenvalue weighted by Crippen LogP contribution is -2.23. The van der Waals surface area contributed by atoms with E-state index < -0.39 is 0 Å². The van der Waals surface area contributed by atoms with Gasteiger partial charge in [0.1, 0.15) is 5.82 Å². The zero-order valence-electron chi connectivity index (χ0n) is 9.06. The van der Waals surface area contributed by atoms with E-state index in [0.29, 0.717) is 12.0 Å². The van der Waals surface area contributed by atoms with Crippen molar-refractivity contribution in [3.8, 4) is 0 Å². The minimum absolute atomic E-state index is 0.0788. The summed E-state index contributed by atoms with van der Waals surface area (Å²) in [6.45, 7) is 4.05. The first-order valence-electron chi connectivity index (χ1n) is 5.05. The molecule has 1 rings (SSSR count). The topological polar surface area (TPSA) is 20.2 Å². The van der Waals surface area contributed by atoms with E-state index in [1.54, 1.807) is 12.1 Å². The summed E-state index contributed by atoms with van der Waals surface area (Å²) in [5, 5.41) is 9.27. The highest BCUT2D eigenvalue weighted by Crippen LogP contribution is 2.28. The molecular weight excluding hydrogens is 259 g/mol. The van der Waals surface area contributed by atoms with Crippen LogP contribution in [0, 0.1) is 11.2 Å². The van der Waals surface area contributed by atoms with Crippen molar-refractivity contribution in [2.75, 3.05) is 6.61 Å². The maximum atomic E-state index is 13.5. The van der Waals surface area contributed by atoms with Crippen LogP contribution in [0.15, 0.2) is 22.7 Å². The molecule has 0 bridgehead atoms. The predicted molar refractivity (Wildman–Crippen MR) is 63.3 cm³/mol. The minimum Gasteiger partial charge on any atom is -0.396 e. The second-order valence-corrected chi connectivity index (χ2v) is 5.15. The first-order valence-corrected chi connectivity index (χ1v) is 5.85. The molecule has 1 aromatic carbocycles. The Morgan fingerprint density at radius 3 is 2.67 bits per heavy atom. The SMILES string of the molecule is CCC(C)(CO)Cc1cc(Br)ccc1F. The molecule has 15 heavy (non-hydrogen) atoms. The normalized spacial score (nSPS) is 15.0. The second-order valence-electron chi connectivity index (χ2n) is 4.23. The number of aliphatic hydroxyl groups excluding tert-OH is 1. The lowest BCUT2D eigenvalue weighted by molar-refractivity contribution is 0.136. The van der Waals surface area contributed by atoms with Gasteiger partial charge in [0.15, 0.2) is 0 Å². The maximum Gasteiger partial charge on any atom is 0.126 e. The van der Waals surface area contributed by atoms with Crippen molar-refractivity contribution in [3.05, 3.63) is 34.1 Å². The Kier molecular flexibility index (Phi) is 4.29. The Morgan fingerprint density at radius 2 is 2.13 bits per heavy atom. The van der Waals surface area contributed by atoms with Crippen LogP contribution in [0.25, 0.3) is 0 Å². The van der Waals surface area contributed by atoms with Crippen molar-refractivity contribution >= 4 is 15.9 Å². The van der Waals surface area contributed by atoms with Gasteiger partial charge in [0.05, 0.1) is 0 Å². The molecule has 0 aliphatic rings. The molecule has 1 aromatic rings. The number of benzene rings is 1. The number of aliphatic hydroxyl groups is 1. The highest BCUT2D eigenvalue weighted by molar-refractivity contribution is 9.10. The van der Waals surface area contributed by atoms with Gasteiger partial charge in [-0.2, -0.15) is 0 Å². The standard InChI is InChI=1S/C12H16BrFO/c1-3-12(2,8-15)7-9-6-10(13)4-5-11(9)14/h4-6,15H,3,7-8H2,1-2H3. The molecule has 3 heteroatoms. The summed E-state index contributed by atoms with van der Waals surface area (Å²) in [4.78, 5) is 0. The van der Waals surface area contributed by atoms with Gasteiger partial charge in [-0.05, 0) is 42.0 Å². The summed E-state index contributed by atoms with van der Waals surface area (Å²) < 4.78 is 14.3. The summed E-state index contributed by atoms with van der Waals surface area (Å²) >= 11 is 3.32. The second kappa shape index (κ2) is 5.08. The summed E-state index contributed by atoms with van der Waals surface area (Å²) in [5.41, 5.74) is 0.421. The third-order valence-corrected chi connectivity index (χ3v) is 3.35. The molecule has 1 nitrogen and oxygen atoms in total. The molecule has 0 fully saturated rings. The van der Waals surface area contributed by atoms with E-state index >= 15 is 0 Å². The molecule has 84 valence electrons. The van der Waals surface area contributed by atoms with Crippen LogP contribution < -0.4 is 0 Å². The van der Waals surface area contributed by atoms with E-state index in [0.717, 1.165) is 10.9 Å². The lowest BCUT2D eigenvalue weighted by atomic mass is 9.82. The molecule has 1 atom stereocenters. The van der Waals surface area contributed by atoms with Crippen LogP contribution in [0.4, 0.5) is 4.39 Å². The lowest BCUT2D eigenvalue weighted by Gasteiger charge is -2.25. The predicted octanol–water partition coefficient (Wildman–Crippen LogP) is 3.54. The van der Waals surface area contributed by atoms with Crippen LogP contribution in [0.2, 0.25) is 0 Å². The van der Waals surface area contributed by atoms with Gasteiger partial charge >= 0.3 is 0 Å². The fourth-order valence-electron chi connectivity index (χ4n) is 1.43. The first-order chi connectivity index (χ1) is 7.00. The van der Waals surface area contributed by atoms with Crippen LogP contribution >= 0.6 is 15.9 Å². The molecule has 0 spiro atoms. The Balaban J connectivity index is 2.92. The van der Waals surface area contributed by atoms with E-state index in [1.165, 1.54) is 6.07 Å². The smallest absolute Gasteiger partial charge is 0.126 e. The monoisotopic (exact) mass is 274 g/mol. The molecule has 0 radical (unpaired) electrons. The third kappa shape index (κ3) is 3.28. The number of hydrogen-bond donors (Lipinski definition) is 1.